The molecule has 1 unspecified atom stereocenters. The molecule has 2 heterocycles. The van der Waals surface area contributed by atoms with E-state index in [9.17, 15) is 4.79 Å². The topological polar surface area (TPSA) is 38.8 Å². The lowest BCUT2D eigenvalue weighted by Gasteiger charge is -2.43. The first-order valence-corrected chi connectivity index (χ1v) is 7.30. The summed E-state index contributed by atoms with van der Waals surface area (Å²) in [6.45, 7) is 3.29. The zero-order valence-electron chi connectivity index (χ0n) is 11.7. The van der Waals surface area contributed by atoms with Crippen LogP contribution in [0, 0.1) is 0 Å². The van der Waals surface area contributed by atoms with Crippen molar-refractivity contribution >= 4 is 5.91 Å². The number of amides is 1. The third kappa shape index (κ3) is 2.72. The summed E-state index contributed by atoms with van der Waals surface area (Å²) in [4.78, 5) is 14.6. The van der Waals surface area contributed by atoms with Crippen LogP contribution in [0.15, 0.2) is 30.3 Å². The predicted octanol–water partition coefficient (Wildman–Crippen LogP) is 1.64. The van der Waals surface area contributed by atoms with Gasteiger partial charge in [-0.3, -0.25) is 4.79 Å². The summed E-state index contributed by atoms with van der Waals surface area (Å²) in [5, 5.41) is 0. The monoisotopic (exact) mass is 275 g/mol. The third-order valence-electron chi connectivity index (χ3n) is 4.26. The van der Waals surface area contributed by atoms with Gasteiger partial charge in [0.1, 0.15) is 0 Å². The fourth-order valence-corrected chi connectivity index (χ4v) is 3.08. The summed E-state index contributed by atoms with van der Waals surface area (Å²) in [6, 6.07) is 10.2. The Morgan fingerprint density at radius 3 is 2.65 bits per heavy atom. The van der Waals surface area contributed by atoms with Gasteiger partial charge in [0.25, 0.3) is 0 Å². The number of aryl methyl sites for hydroxylation is 1. The minimum absolute atomic E-state index is 0.202. The van der Waals surface area contributed by atoms with Gasteiger partial charge in [-0.1, -0.05) is 30.3 Å². The van der Waals surface area contributed by atoms with Gasteiger partial charge in [-0.25, -0.2) is 0 Å². The average Bonchev–Trinajstić information content (AvgIpc) is 2.95. The summed E-state index contributed by atoms with van der Waals surface area (Å²) in [7, 11) is 0. The predicted molar refractivity (Wildman–Crippen MR) is 75.5 cm³/mol. The van der Waals surface area contributed by atoms with Crippen LogP contribution >= 0.6 is 0 Å². The van der Waals surface area contributed by atoms with Crippen molar-refractivity contribution in [1.82, 2.24) is 4.90 Å². The van der Waals surface area contributed by atoms with Crippen LogP contribution in [0.2, 0.25) is 0 Å². The Morgan fingerprint density at radius 2 is 1.90 bits per heavy atom. The summed E-state index contributed by atoms with van der Waals surface area (Å²) < 4.78 is 11.1. The normalized spacial score (nSPS) is 26.1. The Bertz CT molecular complexity index is 454. The molecule has 2 saturated heterocycles. The van der Waals surface area contributed by atoms with Crippen LogP contribution in [-0.2, 0) is 20.7 Å². The Labute approximate surface area is 119 Å². The van der Waals surface area contributed by atoms with Crippen LogP contribution in [0.25, 0.3) is 0 Å². The Kier molecular flexibility index (Phi) is 4.03. The maximum Gasteiger partial charge on any atom is 0.223 e. The van der Waals surface area contributed by atoms with Crippen LogP contribution in [0.3, 0.4) is 0 Å². The molecule has 4 heteroatoms. The van der Waals surface area contributed by atoms with Gasteiger partial charge in [0.05, 0.1) is 25.4 Å². The van der Waals surface area contributed by atoms with Crippen molar-refractivity contribution < 1.29 is 14.3 Å². The Balaban J connectivity index is 1.63. The standard InChI is InChI=1S/C16H21NO3/c18-15(7-6-14-4-2-1-3-5-14)17-9-11-20-13-16(17)8-10-19-12-16/h1-5H,6-13H2. The number of hydrogen-bond acceptors (Lipinski definition) is 3. The molecule has 0 N–H and O–H groups in total. The molecule has 0 radical (unpaired) electrons. The molecule has 1 amide bonds. The van der Waals surface area contributed by atoms with E-state index in [1.54, 1.807) is 0 Å². The van der Waals surface area contributed by atoms with Crippen LogP contribution < -0.4 is 0 Å². The number of benzene rings is 1. The van der Waals surface area contributed by atoms with E-state index in [4.69, 9.17) is 9.47 Å². The molecule has 108 valence electrons. The Morgan fingerprint density at radius 1 is 1.15 bits per heavy atom. The van der Waals surface area contributed by atoms with Crippen LogP contribution in [0.5, 0.6) is 0 Å². The van der Waals surface area contributed by atoms with Crippen molar-refractivity contribution in [3.05, 3.63) is 35.9 Å². The van der Waals surface area contributed by atoms with Gasteiger partial charge in [0.2, 0.25) is 5.91 Å². The van der Waals surface area contributed by atoms with Gasteiger partial charge >= 0.3 is 0 Å². The number of ether oxygens (including phenoxy) is 2. The van der Waals surface area contributed by atoms with E-state index in [1.165, 1.54) is 5.56 Å². The Hall–Kier alpha value is -1.39. The molecule has 0 aliphatic carbocycles. The fraction of sp³-hybridized carbons (Fsp3) is 0.562. The molecule has 4 nitrogen and oxygen atoms in total. The maximum absolute atomic E-state index is 12.5. The van der Waals surface area contributed by atoms with E-state index in [0.717, 1.165) is 19.4 Å². The summed E-state index contributed by atoms with van der Waals surface area (Å²) >= 11 is 0. The van der Waals surface area contributed by atoms with E-state index in [0.29, 0.717) is 32.8 Å². The van der Waals surface area contributed by atoms with Crippen molar-refractivity contribution in [3.8, 4) is 0 Å². The van der Waals surface area contributed by atoms with Gasteiger partial charge in [0.15, 0.2) is 0 Å². The first-order chi connectivity index (χ1) is 9.80. The number of nitrogens with zero attached hydrogens (tertiary/aromatic N) is 1. The molecule has 2 fully saturated rings. The highest BCUT2D eigenvalue weighted by Gasteiger charge is 2.45. The van der Waals surface area contributed by atoms with E-state index in [2.05, 4.69) is 12.1 Å². The molecule has 1 aromatic carbocycles. The lowest BCUT2D eigenvalue weighted by molar-refractivity contribution is -0.149. The highest BCUT2D eigenvalue weighted by Crippen LogP contribution is 2.30. The molecular formula is C16H21NO3. The van der Waals surface area contributed by atoms with E-state index in [1.807, 2.05) is 23.1 Å². The van der Waals surface area contributed by atoms with E-state index >= 15 is 0 Å². The van der Waals surface area contributed by atoms with Gasteiger partial charge in [-0.05, 0) is 18.4 Å². The first kappa shape index (κ1) is 13.6. The van der Waals surface area contributed by atoms with Crippen LogP contribution in [0.4, 0.5) is 0 Å². The molecule has 2 aliphatic heterocycles. The van der Waals surface area contributed by atoms with Crippen molar-refractivity contribution in [3.63, 3.8) is 0 Å². The molecule has 1 aromatic rings. The molecule has 0 saturated carbocycles. The largest absolute Gasteiger partial charge is 0.379 e. The smallest absolute Gasteiger partial charge is 0.223 e. The molecule has 20 heavy (non-hydrogen) atoms. The lowest BCUT2D eigenvalue weighted by atomic mass is 9.95. The van der Waals surface area contributed by atoms with Crippen LogP contribution in [-0.4, -0.2) is 49.3 Å². The molecule has 3 rings (SSSR count). The highest BCUT2D eigenvalue weighted by molar-refractivity contribution is 5.77. The molecular weight excluding hydrogens is 254 g/mol. The SMILES string of the molecule is O=C(CCc1ccccc1)N1CCOCC12CCOC2. The second kappa shape index (κ2) is 5.94. The fourth-order valence-electron chi connectivity index (χ4n) is 3.08. The van der Waals surface area contributed by atoms with E-state index < -0.39 is 0 Å². The maximum atomic E-state index is 12.5. The minimum atomic E-state index is -0.202. The molecule has 1 spiro atoms. The third-order valence-corrected chi connectivity index (χ3v) is 4.26. The second-order valence-electron chi connectivity index (χ2n) is 5.61. The van der Waals surface area contributed by atoms with Crippen molar-refractivity contribution in [1.29, 1.82) is 0 Å². The summed E-state index contributed by atoms with van der Waals surface area (Å²) in [5.41, 5.74) is 1.01. The van der Waals surface area contributed by atoms with Crippen molar-refractivity contribution in [2.24, 2.45) is 0 Å². The molecule has 0 aromatic heterocycles. The zero-order valence-corrected chi connectivity index (χ0v) is 11.7. The summed E-state index contributed by atoms with van der Waals surface area (Å²) in [5.74, 6) is 0.225. The van der Waals surface area contributed by atoms with Gasteiger partial charge in [0, 0.05) is 19.6 Å². The van der Waals surface area contributed by atoms with Crippen molar-refractivity contribution in [2.75, 3.05) is 33.0 Å². The number of hydrogen-bond donors (Lipinski definition) is 0. The summed E-state index contributed by atoms with van der Waals surface area (Å²) in [6.07, 6.45) is 2.25. The lowest BCUT2D eigenvalue weighted by Crippen LogP contribution is -2.59. The van der Waals surface area contributed by atoms with Crippen molar-refractivity contribution in [2.45, 2.75) is 24.8 Å². The quantitative estimate of drug-likeness (QED) is 0.841. The average molecular weight is 275 g/mol. The van der Waals surface area contributed by atoms with Gasteiger partial charge < -0.3 is 14.4 Å². The number of carbonyl (C=O) groups excluding carboxylic acids is 1. The van der Waals surface area contributed by atoms with Gasteiger partial charge in [-0.15, -0.1) is 0 Å². The highest BCUT2D eigenvalue weighted by atomic mass is 16.5. The number of carbonyl (C=O) groups is 1. The first-order valence-electron chi connectivity index (χ1n) is 7.30. The zero-order chi connectivity index (χ0) is 13.8. The number of rotatable bonds is 3. The van der Waals surface area contributed by atoms with Gasteiger partial charge in [-0.2, -0.15) is 0 Å². The number of morpholine rings is 1. The molecule has 0 bridgehead atoms. The minimum Gasteiger partial charge on any atom is -0.379 e. The molecule has 1 atom stereocenters. The van der Waals surface area contributed by atoms with Crippen LogP contribution in [0.1, 0.15) is 18.4 Å². The second-order valence-corrected chi connectivity index (χ2v) is 5.61. The van der Waals surface area contributed by atoms with E-state index in [-0.39, 0.29) is 11.4 Å². The molecule has 2 aliphatic rings.